The number of ketones is 2. The molecular formula is C16H10F2N2O4. The maximum absolute atomic E-state index is 12.9. The van der Waals surface area contributed by atoms with Crippen LogP contribution in [0, 0.1) is 11.6 Å². The summed E-state index contributed by atoms with van der Waals surface area (Å²) in [6.07, 6.45) is 0. The van der Waals surface area contributed by atoms with Crippen LogP contribution >= 0.6 is 0 Å². The molecule has 0 unspecified atom stereocenters. The number of carbonyl (C=O) groups is 2. The van der Waals surface area contributed by atoms with Gasteiger partial charge in [0.05, 0.1) is 0 Å². The van der Waals surface area contributed by atoms with Crippen LogP contribution in [0.3, 0.4) is 0 Å². The summed E-state index contributed by atoms with van der Waals surface area (Å²) in [4.78, 5) is 24.5. The Bertz CT molecular complexity index is 757. The molecule has 122 valence electrons. The van der Waals surface area contributed by atoms with E-state index < -0.39 is 34.6 Å². The van der Waals surface area contributed by atoms with Crippen molar-refractivity contribution in [2.45, 2.75) is 0 Å². The van der Waals surface area contributed by atoms with Gasteiger partial charge in [-0.25, -0.2) is 8.78 Å². The van der Waals surface area contributed by atoms with E-state index in [1.165, 1.54) is 0 Å². The van der Waals surface area contributed by atoms with Crippen LogP contribution in [-0.2, 0) is 0 Å². The van der Waals surface area contributed by atoms with Gasteiger partial charge in [0, 0.05) is 11.1 Å². The summed E-state index contributed by atoms with van der Waals surface area (Å²) in [5.74, 6) is -3.10. The van der Waals surface area contributed by atoms with Gasteiger partial charge in [0.15, 0.2) is 11.4 Å². The predicted molar refractivity (Wildman–Crippen MR) is 79.9 cm³/mol. The third-order valence-electron chi connectivity index (χ3n) is 3.07. The molecule has 0 amide bonds. The van der Waals surface area contributed by atoms with Gasteiger partial charge >= 0.3 is 0 Å². The molecular weight excluding hydrogens is 322 g/mol. The lowest BCUT2D eigenvalue weighted by molar-refractivity contribution is 0.104. The van der Waals surface area contributed by atoms with Crippen molar-refractivity contribution in [2.75, 3.05) is 0 Å². The molecule has 8 heteroatoms. The highest BCUT2D eigenvalue weighted by Crippen LogP contribution is 2.10. The van der Waals surface area contributed by atoms with E-state index >= 15 is 0 Å². The molecule has 0 radical (unpaired) electrons. The molecule has 0 aliphatic carbocycles. The normalized spacial score (nSPS) is 12.1. The fourth-order valence-corrected chi connectivity index (χ4v) is 1.88. The second-order valence-corrected chi connectivity index (χ2v) is 4.57. The molecule has 0 atom stereocenters. The summed E-state index contributed by atoms with van der Waals surface area (Å²) in [7, 11) is 0. The zero-order valence-electron chi connectivity index (χ0n) is 12.0. The van der Waals surface area contributed by atoms with Gasteiger partial charge in [-0.3, -0.25) is 9.59 Å². The SMILES string of the molecule is O=C(C(=N/O)/C(=N\O)C(=O)c1ccc(F)cc1)c1ccc(F)cc1. The van der Waals surface area contributed by atoms with Gasteiger partial charge in [-0.1, -0.05) is 10.3 Å². The second kappa shape index (κ2) is 7.23. The highest BCUT2D eigenvalue weighted by molar-refractivity contribution is 6.84. The Labute approximate surface area is 134 Å². The summed E-state index contributed by atoms with van der Waals surface area (Å²) >= 11 is 0. The average molecular weight is 332 g/mol. The summed E-state index contributed by atoms with van der Waals surface area (Å²) in [6.45, 7) is 0. The van der Waals surface area contributed by atoms with E-state index in [0.717, 1.165) is 48.5 Å². The van der Waals surface area contributed by atoms with Crippen molar-refractivity contribution in [3.8, 4) is 0 Å². The van der Waals surface area contributed by atoms with Crippen LogP contribution in [0.4, 0.5) is 8.78 Å². The monoisotopic (exact) mass is 332 g/mol. The van der Waals surface area contributed by atoms with Crippen LogP contribution < -0.4 is 0 Å². The maximum Gasteiger partial charge on any atom is 0.217 e. The highest BCUT2D eigenvalue weighted by Gasteiger charge is 2.28. The molecule has 0 aliphatic heterocycles. The smallest absolute Gasteiger partial charge is 0.217 e. The van der Waals surface area contributed by atoms with E-state index in [2.05, 4.69) is 10.3 Å². The van der Waals surface area contributed by atoms with E-state index in [0.29, 0.717) is 0 Å². The van der Waals surface area contributed by atoms with Crippen molar-refractivity contribution >= 4 is 23.0 Å². The zero-order valence-corrected chi connectivity index (χ0v) is 12.0. The van der Waals surface area contributed by atoms with E-state index in [9.17, 15) is 18.4 Å². The Balaban J connectivity index is 2.36. The largest absolute Gasteiger partial charge is 0.410 e. The zero-order chi connectivity index (χ0) is 17.7. The van der Waals surface area contributed by atoms with Gasteiger partial charge in [0.25, 0.3) is 0 Å². The summed E-state index contributed by atoms with van der Waals surface area (Å²) in [6, 6.07) is 8.44. The fourth-order valence-electron chi connectivity index (χ4n) is 1.88. The molecule has 0 saturated carbocycles. The third kappa shape index (κ3) is 3.49. The Morgan fingerprint density at radius 2 is 0.958 bits per heavy atom. The minimum Gasteiger partial charge on any atom is -0.410 e. The number of benzene rings is 2. The van der Waals surface area contributed by atoms with Crippen molar-refractivity contribution < 1.29 is 28.8 Å². The molecule has 0 bridgehead atoms. The van der Waals surface area contributed by atoms with Crippen molar-refractivity contribution in [3.63, 3.8) is 0 Å². The van der Waals surface area contributed by atoms with Crippen LogP contribution in [-0.4, -0.2) is 33.4 Å². The highest BCUT2D eigenvalue weighted by atomic mass is 19.1. The van der Waals surface area contributed by atoms with Crippen molar-refractivity contribution in [3.05, 3.63) is 71.3 Å². The van der Waals surface area contributed by atoms with Crippen LogP contribution in [0.1, 0.15) is 20.7 Å². The number of Topliss-reactive ketones (excluding diaryl/α,β-unsaturated/α-hetero) is 2. The molecule has 0 aliphatic rings. The maximum atomic E-state index is 12.9. The standard InChI is InChI=1S/C16H10F2N2O4/c17-11-5-1-9(2-6-11)15(21)13(19-23)14(20-24)16(22)10-3-7-12(18)8-4-10/h1-8,23-24H/b19-13+,20-14+. The molecule has 0 fully saturated rings. The van der Waals surface area contributed by atoms with Crippen LogP contribution in [0.25, 0.3) is 0 Å². The summed E-state index contributed by atoms with van der Waals surface area (Å²) < 4.78 is 25.8. The number of hydrogen-bond acceptors (Lipinski definition) is 6. The molecule has 2 aromatic carbocycles. The van der Waals surface area contributed by atoms with E-state index in [4.69, 9.17) is 10.4 Å². The van der Waals surface area contributed by atoms with Crippen molar-refractivity contribution in [1.29, 1.82) is 0 Å². The van der Waals surface area contributed by atoms with Gasteiger partial charge in [-0.2, -0.15) is 0 Å². The number of oxime groups is 2. The first kappa shape index (κ1) is 16.9. The topological polar surface area (TPSA) is 99.3 Å². The molecule has 2 aromatic rings. The summed E-state index contributed by atoms with van der Waals surface area (Å²) in [5.41, 5.74) is -1.84. The van der Waals surface area contributed by atoms with Crippen molar-refractivity contribution in [1.82, 2.24) is 0 Å². The van der Waals surface area contributed by atoms with Crippen LogP contribution in [0.5, 0.6) is 0 Å². The van der Waals surface area contributed by atoms with Gasteiger partial charge in [0.2, 0.25) is 11.6 Å². The van der Waals surface area contributed by atoms with Gasteiger partial charge in [-0.15, -0.1) is 0 Å². The first-order valence-corrected chi connectivity index (χ1v) is 6.53. The molecule has 0 spiro atoms. The Morgan fingerprint density at radius 1 is 0.667 bits per heavy atom. The second-order valence-electron chi connectivity index (χ2n) is 4.57. The Hall–Kier alpha value is -3.42. The van der Waals surface area contributed by atoms with E-state index in [-0.39, 0.29) is 11.1 Å². The predicted octanol–water partition coefficient (Wildman–Crippen LogP) is 2.69. The molecule has 0 saturated heterocycles. The minimum atomic E-state index is -0.958. The third-order valence-corrected chi connectivity index (χ3v) is 3.07. The average Bonchev–Trinajstić information content (AvgIpc) is 2.59. The molecule has 2 rings (SSSR count). The molecule has 6 nitrogen and oxygen atoms in total. The van der Waals surface area contributed by atoms with Gasteiger partial charge < -0.3 is 10.4 Å². The fraction of sp³-hybridized carbons (Fsp3) is 0. The number of carbonyl (C=O) groups excluding carboxylic acids is 2. The molecule has 0 aromatic heterocycles. The van der Waals surface area contributed by atoms with Crippen molar-refractivity contribution in [2.24, 2.45) is 10.3 Å². The molecule has 2 N–H and O–H groups in total. The van der Waals surface area contributed by atoms with Crippen LogP contribution in [0.15, 0.2) is 58.8 Å². The number of hydrogen-bond donors (Lipinski definition) is 2. The Kier molecular flexibility index (Phi) is 5.10. The van der Waals surface area contributed by atoms with E-state index in [1.807, 2.05) is 0 Å². The molecule has 0 heterocycles. The van der Waals surface area contributed by atoms with Crippen LogP contribution in [0.2, 0.25) is 0 Å². The first-order chi connectivity index (χ1) is 11.5. The van der Waals surface area contributed by atoms with E-state index in [1.54, 1.807) is 0 Å². The number of rotatable bonds is 5. The van der Waals surface area contributed by atoms with Gasteiger partial charge in [0.1, 0.15) is 11.6 Å². The lowest BCUT2D eigenvalue weighted by Gasteiger charge is -2.06. The lowest BCUT2D eigenvalue weighted by atomic mass is 9.97. The lowest BCUT2D eigenvalue weighted by Crippen LogP contribution is -2.31. The van der Waals surface area contributed by atoms with Gasteiger partial charge in [-0.05, 0) is 48.5 Å². The first-order valence-electron chi connectivity index (χ1n) is 6.53. The minimum absolute atomic E-state index is 0.0859. The number of halogens is 2. The quantitative estimate of drug-likeness (QED) is 0.380. The molecule has 24 heavy (non-hydrogen) atoms. The number of nitrogens with zero attached hydrogens (tertiary/aromatic N) is 2. The Morgan fingerprint density at radius 3 is 1.21 bits per heavy atom. The summed E-state index contributed by atoms with van der Waals surface area (Å²) in [5, 5.41) is 23.5.